The number of rotatable bonds is 2. The third kappa shape index (κ3) is 2.20. The topological polar surface area (TPSA) is 62.1 Å². The second-order valence-corrected chi connectivity index (χ2v) is 4.30. The maximum Gasteiger partial charge on any atom is 0.228 e. The van der Waals surface area contributed by atoms with Gasteiger partial charge in [0.15, 0.2) is 0 Å². The lowest BCUT2D eigenvalue weighted by Gasteiger charge is -2.23. The summed E-state index contributed by atoms with van der Waals surface area (Å²) in [5, 5.41) is 11.9. The van der Waals surface area contributed by atoms with E-state index >= 15 is 0 Å². The van der Waals surface area contributed by atoms with Gasteiger partial charge in [-0.2, -0.15) is 5.26 Å². The van der Waals surface area contributed by atoms with Gasteiger partial charge in [-0.15, -0.1) is 0 Å². The third-order valence-corrected chi connectivity index (χ3v) is 3.11. The van der Waals surface area contributed by atoms with Crippen LogP contribution in [0.1, 0.15) is 12.0 Å². The lowest BCUT2D eigenvalue weighted by molar-refractivity contribution is -0.120. The first-order chi connectivity index (χ1) is 8.15. The summed E-state index contributed by atoms with van der Waals surface area (Å²) in [6.45, 7) is 0. The second kappa shape index (κ2) is 4.64. The average molecular weight is 251 g/mol. The zero-order valence-electron chi connectivity index (χ0n) is 9.29. The van der Waals surface area contributed by atoms with Crippen LogP contribution in [-0.2, 0) is 11.2 Å². The van der Waals surface area contributed by atoms with Crippen molar-refractivity contribution in [3.63, 3.8) is 0 Å². The number of ether oxygens (including phenoxy) is 1. The fraction of sp³-hybridized carbons (Fsp3) is 0.333. The number of nitriles is 1. The molecule has 1 atom stereocenters. The summed E-state index contributed by atoms with van der Waals surface area (Å²) in [6, 6.07) is 5.50. The SMILES string of the molecule is COc1cc2c(cc1Cl)NC(=O)C(CC#N)C2. The minimum Gasteiger partial charge on any atom is -0.495 e. The molecule has 1 N–H and O–H groups in total. The number of amides is 1. The van der Waals surface area contributed by atoms with Gasteiger partial charge in [-0.05, 0) is 24.1 Å². The zero-order chi connectivity index (χ0) is 12.4. The summed E-state index contributed by atoms with van der Waals surface area (Å²) in [6.07, 6.45) is 0.762. The quantitative estimate of drug-likeness (QED) is 0.877. The highest BCUT2D eigenvalue weighted by atomic mass is 35.5. The molecule has 5 heteroatoms. The molecule has 2 rings (SSSR count). The molecule has 1 unspecified atom stereocenters. The Labute approximate surface area is 104 Å². The number of methoxy groups -OCH3 is 1. The molecule has 1 aromatic carbocycles. The predicted molar refractivity (Wildman–Crippen MR) is 64.1 cm³/mol. The van der Waals surface area contributed by atoms with Gasteiger partial charge in [0, 0.05) is 12.1 Å². The van der Waals surface area contributed by atoms with Crippen LogP contribution in [0, 0.1) is 17.2 Å². The minimum absolute atomic E-state index is 0.125. The van der Waals surface area contributed by atoms with Crippen molar-refractivity contribution in [1.29, 1.82) is 5.26 Å². The Hall–Kier alpha value is -1.73. The van der Waals surface area contributed by atoms with Crippen LogP contribution in [-0.4, -0.2) is 13.0 Å². The molecule has 88 valence electrons. The van der Waals surface area contributed by atoms with E-state index in [9.17, 15) is 4.79 Å². The number of fused-ring (bicyclic) bond motifs is 1. The molecule has 4 nitrogen and oxygen atoms in total. The molecule has 1 aliphatic rings. The lowest BCUT2D eigenvalue weighted by atomic mass is 9.91. The van der Waals surface area contributed by atoms with E-state index in [1.807, 2.05) is 12.1 Å². The molecule has 17 heavy (non-hydrogen) atoms. The highest BCUT2D eigenvalue weighted by molar-refractivity contribution is 6.32. The van der Waals surface area contributed by atoms with Crippen LogP contribution in [0.25, 0.3) is 0 Å². The van der Waals surface area contributed by atoms with E-state index in [-0.39, 0.29) is 18.2 Å². The average Bonchev–Trinajstić information content (AvgIpc) is 2.30. The van der Waals surface area contributed by atoms with Crippen molar-refractivity contribution in [2.45, 2.75) is 12.8 Å². The van der Waals surface area contributed by atoms with Gasteiger partial charge in [-0.25, -0.2) is 0 Å². The van der Waals surface area contributed by atoms with Crippen molar-refractivity contribution in [2.24, 2.45) is 5.92 Å². The van der Waals surface area contributed by atoms with Crippen LogP contribution in [0.5, 0.6) is 5.75 Å². The second-order valence-electron chi connectivity index (χ2n) is 3.90. The summed E-state index contributed by atoms with van der Waals surface area (Å²) in [4.78, 5) is 11.7. The summed E-state index contributed by atoms with van der Waals surface area (Å²) in [5.74, 6) is 0.163. The molecule has 0 aliphatic carbocycles. The molecular weight excluding hydrogens is 240 g/mol. The molecule has 0 saturated heterocycles. The molecule has 0 saturated carbocycles. The summed E-state index contributed by atoms with van der Waals surface area (Å²) < 4.78 is 5.12. The van der Waals surface area contributed by atoms with E-state index in [2.05, 4.69) is 5.32 Å². The van der Waals surface area contributed by atoms with E-state index in [4.69, 9.17) is 21.6 Å². The Kier molecular flexibility index (Phi) is 3.21. The smallest absolute Gasteiger partial charge is 0.228 e. The van der Waals surface area contributed by atoms with Crippen molar-refractivity contribution in [2.75, 3.05) is 12.4 Å². The normalized spacial score (nSPS) is 17.9. The molecule has 1 amide bonds. The highest BCUT2D eigenvalue weighted by Gasteiger charge is 2.26. The minimum atomic E-state index is -0.293. The Balaban J connectivity index is 2.36. The van der Waals surface area contributed by atoms with E-state index in [0.717, 1.165) is 5.56 Å². The van der Waals surface area contributed by atoms with Gasteiger partial charge >= 0.3 is 0 Å². The maximum atomic E-state index is 11.7. The Morgan fingerprint density at radius 2 is 2.41 bits per heavy atom. The van der Waals surface area contributed by atoms with Crippen LogP contribution >= 0.6 is 11.6 Å². The maximum absolute atomic E-state index is 11.7. The van der Waals surface area contributed by atoms with Crippen LogP contribution in [0.2, 0.25) is 5.02 Å². The molecule has 0 aromatic heterocycles. The van der Waals surface area contributed by atoms with Crippen LogP contribution in [0.15, 0.2) is 12.1 Å². The monoisotopic (exact) mass is 250 g/mol. The predicted octanol–water partition coefficient (Wildman–Crippen LogP) is 2.37. The van der Waals surface area contributed by atoms with Gasteiger partial charge in [-0.1, -0.05) is 11.6 Å². The van der Waals surface area contributed by atoms with E-state index in [0.29, 0.717) is 22.9 Å². The van der Waals surface area contributed by atoms with Crippen molar-refractivity contribution in [3.05, 3.63) is 22.7 Å². The van der Waals surface area contributed by atoms with Crippen LogP contribution in [0.4, 0.5) is 5.69 Å². The number of nitrogens with zero attached hydrogens (tertiary/aromatic N) is 1. The number of anilines is 1. The summed E-state index contributed by atoms with van der Waals surface area (Å²) >= 11 is 5.98. The van der Waals surface area contributed by atoms with Gasteiger partial charge in [0.25, 0.3) is 0 Å². The molecule has 0 fully saturated rings. The summed E-state index contributed by atoms with van der Waals surface area (Å²) in [5.41, 5.74) is 1.65. The van der Waals surface area contributed by atoms with Crippen LogP contribution in [0.3, 0.4) is 0 Å². The Bertz CT molecular complexity index is 508. The Morgan fingerprint density at radius 1 is 1.65 bits per heavy atom. The molecule has 0 spiro atoms. The number of hydrogen-bond acceptors (Lipinski definition) is 3. The molecule has 0 radical (unpaired) electrons. The number of carbonyl (C=O) groups excluding carboxylic acids is 1. The zero-order valence-corrected chi connectivity index (χ0v) is 10.0. The number of nitrogens with one attached hydrogen (secondary N) is 1. The molecule has 0 bridgehead atoms. The summed E-state index contributed by atoms with van der Waals surface area (Å²) in [7, 11) is 1.54. The fourth-order valence-electron chi connectivity index (χ4n) is 1.91. The van der Waals surface area contributed by atoms with Crippen molar-refractivity contribution in [3.8, 4) is 11.8 Å². The van der Waals surface area contributed by atoms with E-state index in [1.54, 1.807) is 13.2 Å². The van der Waals surface area contributed by atoms with Gasteiger partial charge in [0.1, 0.15) is 5.75 Å². The first-order valence-corrected chi connectivity index (χ1v) is 5.57. The lowest BCUT2D eigenvalue weighted by Crippen LogP contribution is -2.29. The fourth-order valence-corrected chi connectivity index (χ4v) is 2.15. The highest BCUT2D eigenvalue weighted by Crippen LogP contribution is 2.35. The van der Waals surface area contributed by atoms with Crippen molar-refractivity contribution >= 4 is 23.2 Å². The van der Waals surface area contributed by atoms with Gasteiger partial charge in [0.05, 0.1) is 24.1 Å². The first kappa shape index (κ1) is 11.7. The van der Waals surface area contributed by atoms with Gasteiger partial charge in [0.2, 0.25) is 5.91 Å². The molecule has 1 heterocycles. The molecular formula is C12H11ClN2O2. The van der Waals surface area contributed by atoms with E-state index < -0.39 is 0 Å². The standard InChI is InChI=1S/C12H11ClN2O2/c1-17-11-5-8-4-7(2-3-14)12(16)15-10(8)6-9(11)13/h5-7H,2,4H2,1H3,(H,15,16). The van der Waals surface area contributed by atoms with Crippen molar-refractivity contribution < 1.29 is 9.53 Å². The van der Waals surface area contributed by atoms with Gasteiger partial charge in [-0.3, -0.25) is 4.79 Å². The van der Waals surface area contributed by atoms with Crippen molar-refractivity contribution in [1.82, 2.24) is 0 Å². The number of benzene rings is 1. The van der Waals surface area contributed by atoms with Gasteiger partial charge < -0.3 is 10.1 Å². The largest absolute Gasteiger partial charge is 0.495 e. The Morgan fingerprint density at radius 3 is 3.06 bits per heavy atom. The van der Waals surface area contributed by atoms with Crippen LogP contribution < -0.4 is 10.1 Å². The number of hydrogen-bond donors (Lipinski definition) is 1. The number of halogens is 1. The third-order valence-electron chi connectivity index (χ3n) is 2.81. The molecule has 1 aromatic rings. The first-order valence-electron chi connectivity index (χ1n) is 5.20. The van der Waals surface area contributed by atoms with E-state index in [1.165, 1.54) is 0 Å². The number of carbonyl (C=O) groups is 1. The molecule has 1 aliphatic heterocycles.